The normalized spacial score (nSPS) is 23.8. The van der Waals surface area contributed by atoms with E-state index in [1.807, 2.05) is 11.8 Å². The Morgan fingerprint density at radius 3 is 2.73 bits per heavy atom. The van der Waals surface area contributed by atoms with Gasteiger partial charge in [-0.3, -0.25) is 15.0 Å². The zero-order valence-electron chi connectivity index (χ0n) is 15.7. The molecule has 144 valence electrons. The number of fused-ring (bicyclic) bond motifs is 1. The summed E-state index contributed by atoms with van der Waals surface area (Å²) in [6.45, 7) is 7.14. The number of nitrogens with one attached hydrogen (secondary N) is 2. The highest BCUT2D eigenvalue weighted by molar-refractivity contribution is 7.15. The summed E-state index contributed by atoms with van der Waals surface area (Å²) in [5.74, 6) is -0.809. The highest BCUT2D eigenvalue weighted by atomic mass is 32.1. The number of amides is 2. The van der Waals surface area contributed by atoms with Gasteiger partial charge in [-0.1, -0.05) is 20.8 Å². The third-order valence-electron chi connectivity index (χ3n) is 5.47. The smallest absolute Gasteiger partial charge is 0.321 e. The first-order chi connectivity index (χ1) is 12.3. The molecule has 3 rings (SSSR count). The van der Waals surface area contributed by atoms with Crippen molar-refractivity contribution in [1.82, 2.24) is 15.2 Å². The average molecular weight is 381 g/mol. The topological polar surface area (TPSA) is 94.6 Å². The molecule has 0 atom stereocenters. The van der Waals surface area contributed by atoms with Crippen LogP contribution in [-0.2, 0) is 16.6 Å². The molecule has 26 heavy (non-hydrogen) atoms. The van der Waals surface area contributed by atoms with Gasteiger partial charge in [-0.2, -0.15) is 0 Å². The lowest BCUT2D eigenvalue weighted by molar-refractivity contribution is -0.139. The Balaban J connectivity index is 1.49. The number of carbonyl (C=O) groups excluding carboxylic acids is 1. The van der Waals surface area contributed by atoms with Gasteiger partial charge in [-0.25, -0.2) is 9.78 Å². The average Bonchev–Trinajstić information content (AvgIpc) is 2.92. The molecule has 2 amide bonds. The minimum atomic E-state index is -0.809. The first kappa shape index (κ1) is 19.1. The summed E-state index contributed by atoms with van der Waals surface area (Å²) in [6.07, 6.45) is 4.91. The number of aromatic nitrogens is 1. The molecule has 8 heteroatoms. The fourth-order valence-corrected chi connectivity index (χ4v) is 5.09. The van der Waals surface area contributed by atoms with E-state index in [1.165, 1.54) is 11.3 Å². The first-order valence-corrected chi connectivity index (χ1v) is 10.1. The number of urea groups is 1. The van der Waals surface area contributed by atoms with Crippen LogP contribution < -0.4 is 10.6 Å². The second-order valence-electron chi connectivity index (χ2n) is 7.91. The second-order valence-corrected chi connectivity index (χ2v) is 8.99. The first-order valence-electron chi connectivity index (χ1n) is 9.32. The van der Waals surface area contributed by atoms with Crippen LogP contribution in [0.1, 0.15) is 57.0 Å². The Labute approximate surface area is 158 Å². The number of rotatable bonds is 6. The number of hydrogen-bond donors (Lipinski definition) is 3. The van der Waals surface area contributed by atoms with Crippen molar-refractivity contribution < 1.29 is 14.7 Å². The third-order valence-corrected chi connectivity index (χ3v) is 6.50. The summed E-state index contributed by atoms with van der Waals surface area (Å²) in [6, 6.07) is 0.0990. The Kier molecular flexibility index (Phi) is 5.53. The van der Waals surface area contributed by atoms with Crippen molar-refractivity contribution in [3.63, 3.8) is 0 Å². The molecule has 1 aromatic rings. The Hall–Kier alpha value is -1.67. The van der Waals surface area contributed by atoms with Crippen molar-refractivity contribution >= 4 is 28.5 Å². The van der Waals surface area contributed by atoms with Gasteiger partial charge in [0, 0.05) is 22.4 Å². The highest BCUT2D eigenvalue weighted by Gasteiger charge is 2.35. The van der Waals surface area contributed by atoms with E-state index in [4.69, 9.17) is 5.11 Å². The number of carboxylic acids is 1. The fraction of sp³-hybridized carbons (Fsp3) is 0.722. The highest BCUT2D eigenvalue weighted by Crippen LogP contribution is 2.40. The van der Waals surface area contributed by atoms with E-state index >= 15 is 0 Å². The maximum absolute atomic E-state index is 12.3. The molecule has 1 saturated carbocycles. The van der Waals surface area contributed by atoms with E-state index < -0.39 is 5.97 Å². The number of nitrogens with zero attached hydrogens (tertiary/aromatic N) is 2. The van der Waals surface area contributed by atoms with Crippen molar-refractivity contribution in [1.29, 1.82) is 0 Å². The molecule has 1 aromatic heterocycles. The van der Waals surface area contributed by atoms with Gasteiger partial charge in [-0.15, -0.1) is 11.3 Å². The van der Waals surface area contributed by atoms with Crippen LogP contribution in [0.15, 0.2) is 0 Å². The molecule has 0 unspecified atom stereocenters. The monoisotopic (exact) mass is 380 g/mol. The van der Waals surface area contributed by atoms with Crippen LogP contribution in [-0.4, -0.2) is 52.2 Å². The predicted octanol–water partition coefficient (Wildman–Crippen LogP) is 2.82. The van der Waals surface area contributed by atoms with E-state index in [2.05, 4.69) is 29.5 Å². The largest absolute Gasteiger partial charge is 0.480 e. The van der Waals surface area contributed by atoms with Crippen LogP contribution >= 0.6 is 11.3 Å². The van der Waals surface area contributed by atoms with Crippen molar-refractivity contribution in [3.8, 4) is 0 Å². The molecule has 0 bridgehead atoms. The number of thiazole rings is 1. The lowest BCUT2D eigenvalue weighted by Gasteiger charge is -2.42. The van der Waals surface area contributed by atoms with Gasteiger partial charge in [0.2, 0.25) is 0 Å². The Bertz CT molecular complexity index is 682. The van der Waals surface area contributed by atoms with E-state index in [0.29, 0.717) is 11.7 Å². The van der Waals surface area contributed by atoms with E-state index in [0.717, 1.165) is 31.4 Å². The summed E-state index contributed by atoms with van der Waals surface area (Å²) in [7, 11) is 0. The van der Waals surface area contributed by atoms with Crippen molar-refractivity contribution in [2.75, 3.05) is 18.4 Å². The quantitative estimate of drug-likeness (QED) is 0.705. The molecule has 1 heterocycles. The van der Waals surface area contributed by atoms with E-state index in [1.54, 1.807) is 11.3 Å². The molecule has 0 aromatic carbocycles. The molecule has 0 radical (unpaired) electrons. The van der Waals surface area contributed by atoms with Crippen LogP contribution in [0, 0.1) is 0 Å². The summed E-state index contributed by atoms with van der Waals surface area (Å²) in [4.78, 5) is 31.0. The van der Waals surface area contributed by atoms with Crippen LogP contribution in [0.2, 0.25) is 0 Å². The van der Waals surface area contributed by atoms with Crippen molar-refractivity contribution in [3.05, 3.63) is 10.6 Å². The van der Waals surface area contributed by atoms with Crippen LogP contribution in [0.4, 0.5) is 9.93 Å². The molecule has 2 aliphatic rings. The number of carboxylic acid groups (broad SMARTS) is 1. The van der Waals surface area contributed by atoms with Crippen molar-refractivity contribution in [2.24, 2.45) is 0 Å². The van der Waals surface area contributed by atoms with Crippen molar-refractivity contribution in [2.45, 2.75) is 70.4 Å². The van der Waals surface area contributed by atoms with Crippen LogP contribution in [0.3, 0.4) is 0 Å². The van der Waals surface area contributed by atoms with Crippen LogP contribution in [0.5, 0.6) is 0 Å². The zero-order chi connectivity index (χ0) is 18.9. The molecular formula is C18H28N4O3S. The Morgan fingerprint density at radius 2 is 2.12 bits per heavy atom. The SMILES string of the molecule is CCN(CC(=O)O)C1CC(NC(=O)Nc2nc3c(s2)CCCC3(C)C)C1. The molecule has 0 spiro atoms. The minimum Gasteiger partial charge on any atom is -0.480 e. The predicted molar refractivity (Wildman–Crippen MR) is 102 cm³/mol. The number of aliphatic carboxylic acids is 1. The van der Waals surface area contributed by atoms with Crippen LogP contribution in [0.25, 0.3) is 0 Å². The summed E-state index contributed by atoms with van der Waals surface area (Å²) < 4.78 is 0. The lowest BCUT2D eigenvalue weighted by atomic mass is 9.79. The van der Waals surface area contributed by atoms with Gasteiger partial charge in [-0.05, 0) is 38.6 Å². The lowest BCUT2D eigenvalue weighted by Crippen LogP contribution is -2.55. The molecule has 7 nitrogen and oxygen atoms in total. The van der Waals surface area contributed by atoms with Gasteiger partial charge in [0.15, 0.2) is 5.13 Å². The number of likely N-dealkylation sites (N-methyl/N-ethyl adjacent to an activating group) is 1. The van der Waals surface area contributed by atoms with Gasteiger partial charge < -0.3 is 10.4 Å². The van der Waals surface area contributed by atoms with Gasteiger partial charge in [0.05, 0.1) is 12.2 Å². The summed E-state index contributed by atoms with van der Waals surface area (Å²) >= 11 is 1.58. The number of carbonyl (C=O) groups is 2. The van der Waals surface area contributed by atoms with E-state index in [-0.39, 0.29) is 30.1 Å². The zero-order valence-corrected chi connectivity index (χ0v) is 16.5. The Morgan fingerprint density at radius 1 is 1.38 bits per heavy atom. The standard InChI is InChI=1S/C18H28N4O3S/c1-4-22(10-14(23)24)12-8-11(9-12)19-16(25)21-17-20-15-13(26-17)6-5-7-18(15,2)3/h11-12H,4-10H2,1-3H3,(H,23,24)(H2,19,20,21,25). The third kappa shape index (κ3) is 4.17. The maximum atomic E-state index is 12.3. The second kappa shape index (κ2) is 7.52. The summed E-state index contributed by atoms with van der Waals surface area (Å²) in [5, 5.41) is 15.5. The number of hydrogen-bond acceptors (Lipinski definition) is 5. The number of aryl methyl sites for hydroxylation is 1. The fourth-order valence-electron chi connectivity index (χ4n) is 3.91. The molecule has 0 aliphatic heterocycles. The van der Waals surface area contributed by atoms with Gasteiger partial charge in [0.25, 0.3) is 0 Å². The minimum absolute atomic E-state index is 0.0561. The van der Waals surface area contributed by atoms with Gasteiger partial charge in [0.1, 0.15) is 0 Å². The molecular weight excluding hydrogens is 352 g/mol. The maximum Gasteiger partial charge on any atom is 0.321 e. The van der Waals surface area contributed by atoms with E-state index in [9.17, 15) is 9.59 Å². The molecule has 3 N–H and O–H groups in total. The van der Waals surface area contributed by atoms with Gasteiger partial charge >= 0.3 is 12.0 Å². The summed E-state index contributed by atoms with van der Waals surface area (Å²) in [5.41, 5.74) is 1.20. The molecule has 0 saturated heterocycles. The molecule has 1 fully saturated rings. The number of anilines is 1. The molecule has 2 aliphatic carbocycles.